The zero-order chi connectivity index (χ0) is 14.3. The van der Waals surface area contributed by atoms with Crippen LogP contribution in [-0.2, 0) is 25.7 Å². The Bertz CT molecular complexity index is 595. The van der Waals surface area contributed by atoms with Gasteiger partial charge in [0.25, 0.3) is 0 Å². The monoisotopic (exact) mass is 276 g/mol. The first-order chi connectivity index (χ1) is 10.4. The Morgan fingerprint density at radius 2 is 0.952 bits per heavy atom. The first-order valence-corrected chi connectivity index (χ1v) is 7.53. The summed E-state index contributed by atoms with van der Waals surface area (Å²) < 4.78 is 5.42. The highest BCUT2D eigenvalue weighted by Crippen LogP contribution is 2.16. The van der Waals surface area contributed by atoms with Crippen LogP contribution >= 0.6 is 0 Å². The van der Waals surface area contributed by atoms with Crippen molar-refractivity contribution in [3.8, 4) is 0 Å². The zero-order valence-corrected chi connectivity index (χ0v) is 12.2. The van der Waals surface area contributed by atoms with Gasteiger partial charge in [0.15, 0.2) is 0 Å². The number of rotatable bonds is 6. The zero-order valence-electron chi connectivity index (χ0n) is 12.2. The molecule has 0 aliphatic rings. The van der Waals surface area contributed by atoms with Crippen molar-refractivity contribution in [3.05, 3.63) is 95.4 Å². The van der Waals surface area contributed by atoms with Gasteiger partial charge in [-0.15, -0.1) is 0 Å². The van der Waals surface area contributed by atoms with Crippen molar-refractivity contribution in [1.82, 2.24) is 0 Å². The van der Waals surface area contributed by atoms with Crippen LogP contribution in [0, 0.1) is 0 Å². The first kappa shape index (κ1) is 13.7. The molecule has 0 spiro atoms. The van der Waals surface area contributed by atoms with Gasteiger partial charge in [0.1, 0.15) is 0 Å². The Hall–Kier alpha value is -2.28. The average molecular weight is 276 g/mol. The number of benzene rings is 2. The van der Waals surface area contributed by atoms with Gasteiger partial charge >= 0.3 is 0 Å². The number of hydrogen-bond donors (Lipinski definition) is 0. The molecule has 0 saturated heterocycles. The molecule has 106 valence electrons. The predicted molar refractivity (Wildman–Crippen MR) is 86.4 cm³/mol. The van der Waals surface area contributed by atoms with Crippen LogP contribution in [-0.4, -0.2) is 0 Å². The quantitative estimate of drug-likeness (QED) is 0.627. The van der Waals surface area contributed by atoms with Crippen molar-refractivity contribution in [1.29, 1.82) is 0 Å². The van der Waals surface area contributed by atoms with Crippen molar-refractivity contribution >= 4 is 0 Å². The molecule has 0 unspecified atom stereocenters. The van der Waals surface area contributed by atoms with E-state index in [9.17, 15) is 0 Å². The van der Waals surface area contributed by atoms with E-state index in [0.29, 0.717) is 0 Å². The van der Waals surface area contributed by atoms with Gasteiger partial charge in [-0.25, -0.2) is 0 Å². The Morgan fingerprint density at radius 1 is 0.524 bits per heavy atom. The van der Waals surface area contributed by atoms with E-state index in [1.807, 2.05) is 12.5 Å². The van der Waals surface area contributed by atoms with E-state index in [4.69, 9.17) is 4.42 Å². The summed E-state index contributed by atoms with van der Waals surface area (Å²) in [5.74, 6) is 0. The lowest BCUT2D eigenvalue weighted by Gasteiger charge is -2.04. The van der Waals surface area contributed by atoms with Crippen molar-refractivity contribution in [3.63, 3.8) is 0 Å². The summed E-state index contributed by atoms with van der Waals surface area (Å²) in [7, 11) is 0. The van der Waals surface area contributed by atoms with Crippen LogP contribution in [0.4, 0.5) is 0 Å². The van der Waals surface area contributed by atoms with E-state index >= 15 is 0 Å². The second kappa shape index (κ2) is 6.94. The van der Waals surface area contributed by atoms with Gasteiger partial charge in [0.05, 0.1) is 12.5 Å². The Kier molecular flexibility index (Phi) is 4.52. The molecule has 1 heterocycles. The molecular weight excluding hydrogens is 256 g/mol. The second-order valence-corrected chi connectivity index (χ2v) is 5.39. The fourth-order valence-electron chi connectivity index (χ4n) is 2.64. The molecule has 0 fully saturated rings. The number of furan rings is 1. The molecule has 3 rings (SSSR count). The summed E-state index contributed by atoms with van der Waals surface area (Å²) in [6, 6.07) is 21.3. The summed E-state index contributed by atoms with van der Waals surface area (Å²) in [6.45, 7) is 0. The minimum Gasteiger partial charge on any atom is -0.472 e. The van der Waals surface area contributed by atoms with E-state index in [0.717, 1.165) is 25.7 Å². The molecule has 0 amide bonds. The molecule has 0 atom stereocenters. The van der Waals surface area contributed by atoms with Gasteiger partial charge < -0.3 is 4.42 Å². The molecule has 0 bridgehead atoms. The van der Waals surface area contributed by atoms with Gasteiger partial charge in [-0.05, 0) is 47.9 Å². The highest BCUT2D eigenvalue weighted by Gasteiger charge is 2.06. The van der Waals surface area contributed by atoms with Crippen LogP contribution in [0.1, 0.15) is 22.3 Å². The Balaban J connectivity index is 1.59. The third kappa shape index (κ3) is 3.85. The molecule has 0 aliphatic heterocycles. The third-order valence-corrected chi connectivity index (χ3v) is 3.88. The van der Waals surface area contributed by atoms with Crippen LogP contribution < -0.4 is 0 Å². The summed E-state index contributed by atoms with van der Waals surface area (Å²) in [5.41, 5.74) is 5.45. The second-order valence-electron chi connectivity index (χ2n) is 5.39. The summed E-state index contributed by atoms with van der Waals surface area (Å²) >= 11 is 0. The molecular formula is C20H20O. The SMILES string of the molecule is c1ccc(CCc2cocc2CCc2ccccc2)cc1. The molecule has 1 aromatic heterocycles. The molecule has 0 saturated carbocycles. The summed E-state index contributed by atoms with van der Waals surface area (Å²) in [5, 5.41) is 0. The highest BCUT2D eigenvalue weighted by molar-refractivity contribution is 5.25. The fourth-order valence-corrected chi connectivity index (χ4v) is 2.64. The van der Waals surface area contributed by atoms with Crippen molar-refractivity contribution in [2.45, 2.75) is 25.7 Å². The van der Waals surface area contributed by atoms with Crippen LogP contribution in [0.5, 0.6) is 0 Å². The molecule has 0 radical (unpaired) electrons. The van der Waals surface area contributed by atoms with E-state index in [1.54, 1.807) is 0 Å². The maximum Gasteiger partial charge on any atom is 0.0937 e. The standard InChI is InChI=1S/C20H20O/c1-3-7-17(8-4-1)11-13-19-15-21-16-20(19)14-12-18-9-5-2-6-10-18/h1-10,15-16H,11-14H2. The van der Waals surface area contributed by atoms with E-state index in [-0.39, 0.29) is 0 Å². The maximum atomic E-state index is 5.42. The van der Waals surface area contributed by atoms with Crippen LogP contribution in [0.25, 0.3) is 0 Å². The molecule has 0 aliphatic carbocycles. The average Bonchev–Trinajstić information content (AvgIpc) is 3.00. The van der Waals surface area contributed by atoms with Crippen LogP contribution in [0.3, 0.4) is 0 Å². The van der Waals surface area contributed by atoms with Gasteiger partial charge in [-0.2, -0.15) is 0 Å². The minimum atomic E-state index is 1.05. The minimum absolute atomic E-state index is 1.05. The van der Waals surface area contributed by atoms with Gasteiger partial charge in [-0.1, -0.05) is 60.7 Å². The van der Waals surface area contributed by atoms with Crippen LogP contribution in [0.15, 0.2) is 77.6 Å². The van der Waals surface area contributed by atoms with Crippen LogP contribution in [0.2, 0.25) is 0 Å². The Labute approximate surface area is 126 Å². The molecule has 1 nitrogen and oxygen atoms in total. The predicted octanol–water partition coefficient (Wildman–Crippen LogP) is 4.85. The van der Waals surface area contributed by atoms with E-state index in [2.05, 4.69) is 60.7 Å². The lowest BCUT2D eigenvalue weighted by Crippen LogP contribution is -1.96. The number of hydrogen-bond acceptors (Lipinski definition) is 1. The smallest absolute Gasteiger partial charge is 0.0937 e. The van der Waals surface area contributed by atoms with Gasteiger partial charge in [0.2, 0.25) is 0 Å². The van der Waals surface area contributed by atoms with Crippen molar-refractivity contribution < 1.29 is 4.42 Å². The van der Waals surface area contributed by atoms with Gasteiger partial charge in [0, 0.05) is 0 Å². The third-order valence-electron chi connectivity index (χ3n) is 3.88. The fraction of sp³-hybridized carbons (Fsp3) is 0.200. The molecule has 1 heteroatoms. The molecule has 21 heavy (non-hydrogen) atoms. The van der Waals surface area contributed by atoms with Gasteiger partial charge in [-0.3, -0.25) is 0 Å². The molecule has 2 aromatic carbocycles. The van der Waals surface area contributed by atoms with Crippen molar-refractivity contribution in [2.75, 3.05) is 0 Å². The summed E-state index contributed by atoms with van der Waals surface area (Å²) in [6.07, 6.45) is 8.04. The first-order valence-electron chi connectivity index (χ1n) is 7.53. The Morgan fingerprint density at radius 3 is 1.38 bits per heavy atom. The lowest BCUT2D eigenvalue weighted by atomic mass is 9.99. The largest absolute Gasteiger partial charge is 0.472 e. The number of aryl methyl sites for hydroxylation is 4. The topological polar surface area (TPSA) is 13.1 Å². The molecule has 3 aromatic rings. The maximum absolute atomic E-state index is 5.42. The van der Waals surface area contributed by atoms with E-state index < -0.39 is 0 Å². The lowest BCUT2D eigenvalue weighted by molar-refractivity contribution is 0.561. The molecule has 0 N–H and O–H groups in total. The summed E-state index contributed by atoms with van der Waals surface area (Å²) in [4.78, 5) is 0. The van der Waals surface area contributed by atoms with Crippen molar-refractivity contribution in [2.24, 2.45) is 0 Å². The normalized spacial score (nSPS) is 10.7. The van der Waals surface area contributed by atoms with E-state index in [1.165, 1.54) is 22.3 Å². The highest BCUT2D eigenvalue weighted by atomic mass is 16.3.